The Morgan fingerprint density at radius 2 is 1.69 bits per heavy atom. The van der Waals surface area contributed by atoms with Gasteiger partial charge in [0.25, 0.3) is 0 Å². The average molecular weight is 177 g/mol. The van der Waals surface area contributed by atoms with Gasteiger partial charge in [-0.2, -0.15) is 0 Å². The summed E-state index contributed by atoms with van der Waals surface area (Å²) >= 11 is 0. The summed E-state index contributed by atoms with van der Waals surface area (Å²) in [7, 11) is 0. The molecule has 0 spiro atoms. The summed E-state index contributed by atoms with van der Waals surface area (Å²) in [6.07, 6.45) is 0. The molecule has 3 heteroatoms. The maximum Gasteiger partial charge on any atom is 0.385 e. The van der Waals surface area contributed by atoms with Crippen molar-refractivity contribution in [2.45, 2.75) is 26.4 Å². The molecular weight excluding hydrogens is 164 g/mol. The molecule has 68 valence electrons. The molecule has 0 saturated heterocycles. The fraction of sp³-hybridized carbons (Fsp3) is 0.400. The molecule has 1 aromatic rings. The number of ether oxygens (including phenoxy) is 1. The molecule has 0 aliphatic carbocycles. The third-order valence-corrected chi connectivity index (χ3v) is 1.38. The van der Waals surface area contributed by atoms with Crippen molar-refractivity contribution in [1.82, 2.24) is 0 Å². The van der Waals surface area contributed by atoms with Gasteiger partial charge in [0.05, 0.1) is 0 Å². The number of diazo groups is 1. The van der Waals surface area contributed by atoms with E-state index < -0.39 is 0 Å². The van der Waals surface area contributed by atoms with Crippen molar-refractivity contribution in [3.63, 3.8) is 0 Å². The zero-order valence-corrected chi connectivity index (χ0v) is 8.11. The van der Waals surface area contributed by atoms with Gasteiger partial charge in [-0.1, -0.05) is 0 Å². The fourth-order valence-corrected chi connectivity index (χ4v) is 0.934. The first kappa shape index (κ1) is 9.53. The lowest BCUT2D eigenvalue weighted by molar-refractivity contribution is 0.131. The molecule has 1 rings (SSSR count). The van der Waals surface area contributed by atoms with Gasteiger partial charge in [0.15, 0.2) is 4.98 Å². The second kappa shape index (κ2) is 3.44. The minimum absolute atomic E-state index is 0.197. The second-order valence-corrected chi connectivity index (χ2v) is 3.81. The van der Waals surface area contributed by atoms with Crippen LogP contribution in [-0.4, -0.2) is 5.60 Å². The van der Waals surface area contributed by atoms with Gasteiger partial charge >= 0.3 is 5.69 Å². The zero-order valence-electron chi connectivity index (χ0n) is 8.11. The quantitative estimate of drug-likeness (QED) is 0.617. The van der Waals surface area contributed by atoms with Crippen LogP contribution in [-0.2, 0) is 0 Å². The fourth-order valence-electron chi connectivity index (χ4n) is 0.934. The standard InChI is InChI=1S/C10H13N2O/c1-10(2,3)13-9-6-4-8(12-11)5-7-9/h4-7H,1-3H3/q+1. The molecule has 0 atom stereocenters. The predicted molar refractivity (Wildman–Crippen MR) is 51.6 cm³/mol. The summed E-state index contributed by atoms with van der Waals surface area (Å²) in [5, 5.41) is 8.45. The van der Waals surface area contributed by atoms with Gasteiger partial charge in [-0.25, -0.2) is 0 Å². The van der Waals surface area contributed by atoms with Crippen molar-refractivity contribution in [3.8, 4) is 5.75 Å². The summed E-state index contributed by atoms with van der Waals surface area (Å²) in [6, 6.07) is 6.95. The van der Waals surface area contributed by atoms with Crippen molar-refractivity contribution < 1.29 is 4.74 Å². The number of benzene rings is 1. The third-order valence-electron chi connectivity index (χ3n) is 1.38. The molecule has 0 fully saturated rings. The van der Waals surface area contributed by atoms with Crippen LogP contribution in [0.4, 0.5) is 5.69 Å². The molecule has 3 nitrogen and oxygen atoms in total. The first-order valence-corrected chi connectivity index (χ1v) is 4.15. The molecule has 0 aliphatic heterocycles. The number of nitrogens with zero attached hydrogens (tertiary/aromatic N) is 2. The van der Waals surface area contributed by atoms with Crippen molar-refractivity contribution in [3.05, 3.63) is 29.2 Å². The van der Waals surface area contributed by atoms with Gasteiger partial charge in [-0.05, 0) is 32.9 Å². The minimum atomic E-state index is -0.197. The van der Waals surface area contributed by atoms with Crippen molar-refractivity contribution in [2.75, 3.05) is 0 Å². The lowest BCUT2D eigenvalue weighted by Crippen LogP contribution is -2.22. The van der Waals surface area contributed by atoms with Crippen LogP contribution in [0.5, 0.6) is 5.75 Å². The van der Waals surface area contributed by atoms with E-state index in [1.165, 1.54) is 0 Å². The van der Waals surface area contributed by atoms with E-state index in [2.05, 4.69) is 4.98 Å². The van der Waals surface area contributed by atoms with Gasteiger partial charge < -0.3 is 4.74 Å². The first-order valence-electron chi connectivity index (χ1n) is 4.15. The number of hydrogen-bond acceptors (Lipinski definition) is 2. The summed E-state index contributed by atoms with van der Waals surface area (Å²) < 4.78 is 5.58. The highest BCUT2D eigenvalue weighted by Gasteiger charge is 2.12. The highest BCUT2D eigenvalue weighted by atomic mass is 16.5. The van der Waals surface area contributed by atoms with Crippen LogP contribution in [0.25, 0.3) is 4.98 Å². The van der Waals surface area contributed by atoms with E-state index in [0.717, 1.165) is 5.75 Å². The Bertz CT molecular complexity index is 316. The highest BCUT2D eigenvalue weighted by Crippen LogP contribution is 2.21. The van der Waals surface area contributed by atoms with Crippen LogP contribution in [0.15, 0.2) is 24.3 Å². The summed E-state index contributed by atoms with van der Waals surface area (Å²) in [6.45, 7) is 5.95. The molecule has 0 heterocycles. The zero-order chi connectivity index (χ0) is 9.90. The Hall–Kier alpha value is -1.56. The largest absolute Gasteiger partial charge is 0.488 e. The summed E-state index contributed by atoms with van der Waals surface area (Å²) in [5.41, 5.74) is 0.332. The third kappa shape index (κ3) is 3.12. The van der Waals surface area contributed by atoms with Crippen LogP contribution >= 0.6 is 0 Å². The maximum atomic E-state index is 8.45. The second-order valence-electron chi connectivity index (χ2n) is 3.81. The SMILES string of the molecule is CC(C)(C)Oc1ccc([N+]#N)cc1. The summed E-state index contributed by atoms with van der Waals surface area (Å²) in [5.74, 6) is 0.778. The van der Waals surface area contributed by atoms with Gasteiger partial charge in [-0.15, -0.1) is 0 Å². The normalized spacial score (nSPS) is 10.6. The Kier molecular flexibility index (Phi) is 2.52. The minimum Gasteiger partial charge on any atom is -0.488 e. The maximum absolute atomic E-state index is 8.45. The molecule has 13 heavy (non-hydrogen) atoms. The van der Waals surface area contributed by atoms with E-state index in [9.17, 15) is 0 Å². The summed E-state index contributed by atoms with van der Waals surface area (Å²) in [4.78, 5) is 3.05. The predicted octanol–water partition coefficient (Wildman–Crippen LogP) is 3.35. The lowest BCUT2D eigenvalue weighted by Gasteiger charge is -2.20. The highest BCUT2D eigenvalue weighted by molar-refractivity contribution is 5.46. The Morgan fingerprint density at radius 1 is 1.15 bits per heavy atom. The van der Waals surface area contributed by atoms with Gasteiger partial charge in [0.2, 0.25) is 5.39 Å². The number of rotatable bonds is 1. The van der Waals surface area contributed by atoms with Crippen LogP contribution in [0.3, 0.4) is 0 Å². The first-order chi connectivity index (χ1) is 6.01. The molecule has 0 N–H and O–H groups in total. The van der Waals surface area contributed by atoms with Crippen molar-refractivity contribution in [1.29, 1.82) is 5.39 Å². The van der Waals surface area contributed by atoms with Gasteiger partial charge in [0, 0.05) is 12.1 Å². The molecule has 1 aromatic carbocycles. The van der Waals surface area contributed by atoms with Crippen molar-refractivity contribution >= 4 is 5.69 Å². The molecule has 0 aromatic heterocycles. The van der Waals surface area contributed by atoms with E-state index >= 15 is 0 Å². The monoisotopic (exact) mass is 177 g/mol. The molecule has 0 unspecified atom stereocenters. The Labute approximate surface area is 78.0 Å². The van der Waals surface area contributed by atoms with E-state index in [1.54, 1.807) is 24.3 Å². The van der Waals surface area contributed by atoms with Crippen molar-refractivity contribution in [2.24, 2.45) is 0 Å². The molecular formula is C10H13N2O+. The topological polar surface area (TPSA) is 37.4 Å². The van der Waals surface area contributed by atoms with Gasteiger partial charge in [0.1, 0.15) is 11.4 Å². The van der Waals surface area contributed by atoms with E-state index in [0.29, 0.717) is 5.69 Å². The molecule has 0 amide bonds. The molecule has 0 saturated carbocycles. The van der Waals surface area contributed by atoms with E-state index in [1.807, 2.05) is 20.8 Å². The smallest absolute Gasteiger partial charge is 0.385 e. The molecule has 0 aliphatic rings. The Balaban J connectivity index is 2.77. The molecule has 0 radical (unpaired) electrons. The van der Waals surface area contributed by atoms with Crippen LogP contribution in [0.1, 0.15) is 20.8 Å². The lowest BCUT2D eigenvalue weighted by atomic mass is 10.2. The van der Waals surface area contributed by atoms with Gasteiger partial charge in [-0.3, -0.25) is 0 Å². The van der Waals surface area contributed by atoms with E-state index in [-0.39, 0.29) is 5.60 Å². The van der Waals surface area contributed by atoms with Crippen LogP contribution < -0.4 is 4.74 Å². The average Bonchev–Trinajstić information content (AvgIpc) is 2.03. The van der Waals surface area contributed by atoms with Crippen LogP contribution in [0.2, 0.25) is 0 Å². The van der Waals surface area contributed by atoms with Crippen LogP contribution in [0, 0.1) is 5.39 Å². The Morgan fingerprint density at radius 3 is 2.08 bits per heavy atom. The van der Waals surface area contributed by atoms with E-state index in [4.69, 9.17) is 10.1 Å². The number of hydrogen-bond donors (Lipinski definition) is 0. The molecule has 0 bridgehead atoms.